The number of hydrogen-bond acceptors (Lipinski definition) is 5. The number of nitrogens with one attached hydrogen (secondary N) is 2. The number of H-pyrrole nitrogens is 1. The smallest absolute Gasteiger partial charge is 0.243 e. The minimum absolute atomic E-state index is 0.122. The molecule has 0 spiro atoms. The number of pyridine rings is 1. The Morgan fingerprint density at radius 2 is 1.72 bits per heavy atom. The van der Waals surface area contributed by atoms with Crippen LogP contribution in [0.25, 0.3) is 27.5 Å². The van der Waals surface area contributed by atoms with Gasteiger partial charge < -0.3 is 20.9 Å². The van der Waals surface area contributed by atoms with Crippen molar-refractivity contribution in [2.75, 3.05) is 6.54 Å². The molecular weight excluding hydrogens is 486 g/mol. The summed E-state index contributed by atoms with van der Waals surface area (Å²) in [5, 5.41) is 5.42. The number of hydrogen-bond donors (Lipinski definition) is 3. The number of nitrogens with two attached hydrogens (primary N) is 1. The Hall–Kier alpha value is -4.75. The monoisotopic (exact) mass is 515 g/mol. The summed E-state index contributed by atoms with van der Waals surface area (Å²) >= 11 is 0. The van der Waals surface area contributed by atoms with Gasteiger partial charge in [0.05, 0.1) is 23.8 Å². The molecule has 2 aromatic heterocycles. The van der Waals surface area contributed by atoms with Crippen LogP contribution in [-0.4, -0.2) is 44.7 Å². The van der Waals surface area contributed by atoms with E-state index in [0.717, 1.165) is 32.9 Å². The van der Waals surface area contributed by atoms with Gasteiger partial charge in [-0.1, -0.05) is 72.8 Å². The Bertz CT molecular complexity index is 1720. The number of para-hydroxylation sites is 2. The molecule has 5 aromatic rings. The van der Waals surface area contributed by atoms with Crippen molar-refractivity contribution in [2.45, 2.75) is 24.9 Å². The molecule has 1 amide bonds. The minimum atomic E-state index is -1.12. The van der Waals surface area contributed by atoms with Gasteiger partial charge >= 0.3 is 0 Å². The van der Waals surface area contributed by atoms with E-state index in [9.17, 15) is 9.59 Å². The highest BCUT2D eigenvalue weighted by atomic mass is 16.2. The number of Topliss-reactive ketones (excluding diaryl/α,β-unsaturated/α-hetero) is 1. The van der Waals surface area contributed by atoms with Crippen LogP contribution in [0.15, 0.2) is 103 Å². The fraction of sp³-hybridized carbons (Fsp3) is 0.156. The van der Waals surface area contributed by atoms with Crippen LogP contribution in [-0.2, 0) is 11.2 Å². The van der Waals surface area contributed by atoms with Crippen LogP contribution in [0.1, 0.15) is 28.5 Å². The number of nitrogens with zero attached hydrogens (tertiary/aromatic N) is 2. The van der Waals surface area contributed by atoms with Crippen molar-refractivity contribution in [1.29, 1.82) is 0 Å². The molecule has 0 fully saturated rings. The van der Waals surface area contributed by atoms with Crippen molar-refractivity contribution in [2.24, 2.45) is 5.73 Å². The van der Waals surface area contributed by atoms with Gasteiger partial charge in [-0.25, -0.2) is 4.98 Å². The predicted molar refractivity (Wildman–Crippen MR) is 154 cm³/mol. The number of carbonyl (C=O) groups excluding carboxylic acids is 2. The third-order valence-corrected chi connectivity index (χ3v) is 7.31. The first-order chi connectivity index (χ1) is 18.9. The van der Waals surface area contributed by atoms with Gasteiger partial charge in [-0.3, -0.25) is 9.59 Å². The van der Waals surface area contributed by atoms with E-state index in [-0.39, 0.29) is 18.2 Å². The molecule has 1 aliphatic heterocycles. The van der Waals surface area contributed by atoms with Gasteiger partial charge in [-0.05, 0) is 42.7 Å². The summed E-state index contributed by atoms with van der Waals surface area (Å²) in [4.78, 5) is 37.2. The molecule has 0 aliphatic carbocycles. The Balaban J connectivity index is 1.32. The van der Waals surface area contributed by atoms with E-state index >= 15 is 0 Å². The van der Waals surface area contributed by atoms with Crippen molar-refractivity contribution in [1.82, 2.24) is 20.2 Å². The standard InChI is InChI=1S/C32H29N5O2/c1-32(30(38)28-16-15-22-11-5-7-13-26(22)35-28)20-37(19-29(36-32)21-9-3-2-4-10-21)31(39)25(33)17-23-18-34-27-14-8-6-12-24(23)27/h2-16,18-19,25,34,36H,17,20,33H2,1H3/t25-,32?/m0/s1. The quantitative estimate of drug-likeness (QED) is 0.286. The zero-order chi connectivity index (χ0) is 27.0. The number of fused-ring (bicyclic) bond motifs is 2. The lowest BCUT2D eigenvalue weighted by molar-refractivity contribution is -0.130. The van der Waals surface area contributed by atoms with E-state index in [1.807, 2.05) is 98.0 Å². The maximum atomic E-state index is 14.0. The average Bonchev–Trinajstić information content (AvgIpc) is 3.38. The first-order valence-corrected chi connectivity index (χ1v) is 13.0. The summed E-state index contributed by atoms with van der Waals surface area (Å²) in [6, 6.07) is 28.1. The molecule has 2 atom stereocenters. The molecule has 0 radical (unpaired) electrons. The first-order valence-electron chi connectivity index (χ1n) is 13.0. The Morgan fingerprint density at radius 3 is 2.56 bits per heavy atom. The van der Waals surface area contributed by atoms with Gasteiger partial charge in [-0.15, -0.1) is 0 Å². The highest BCUT2D eigenvalue weighted by molar-refractivity contribution is 6.04. The van der Waals surface area contributed by atoms with Crippen molar-refractivity contribution < 1.29 is 9.59 Å². The second-order valence-corrected chi connectivity index (χ2v) is 10.2. The fourth-order valence-corrected chi connectivity index (χ4v) is 5.26. The highest BCUT2D eigenvalue weighted by Crippen LogP contribution is 2.27. The molecule has 3 aromatic carbocycles. The Morgan fingerprint density at radius 1 is 0.974 bits per heavy atom. The second-order valence-electron chi connectivity index (χ2n) is 10.2. The Labute approximate surface area is 226 Å². The molecule has 3 heterocycles. The van der Waals surface area contributed by atoms with Crippen molar-refractivity contribution in [3.05, 3.63) is 120 Å². The molecule has 7 nitrogen and oxygen atoms in total. The summed E-state index contributed by atoms with van der Waals surface area (Å²) in [7, 11) is 0. The van der Waals surface area contributed by atoms with E-state index < -0.39 is 11.6 Å². The van der Waals surface area contributed by atoms with Crippen molar-refractivity contribution in [3.63, 3.8) is 0 Å². The van der Waals surface area contributed by atoms with Gasteiger partial charge in [0.2, 0.25) is 11.7 Å². The summed E-state index contributed by atoms with van der Waals surface area (Å²) in [5.41, 5.74) is 9.99. The van der Waals surface area contributed by atoms with Crippen LogP contribution in [0.2, 0.25) is 0 Å². The number of rotatable bonds is 6. The number of ketones is 1. The Kier molecular flexibility index (Phi) is 6.21. The molecule has 0 saturated carbocycles. The summed E-state index contributed by atoms with van der Waals surface area (Å²) in [5.74, 6) is -0.446. The fourth-order valence-electron chi connectivity index (χ4n) is 5.26. The maximum absolute atomic E-state index is 14.0. The van der Waals surface area contributed by atoms with Gasteiger partial charge in [0, 0.05) is 28.7 Å². The molecule has 6 rings (SSSR count). The van der Waals surface area contributed by atoms with Gasteiger partial charge in [-0.2, -0.15) is 0 Å². The largest absolute Gasteiger partial charge is 0.370 e. The summed E-state index contributed by atoms with van der Waals surface area (Å²) < 4.78 is 0. The predicted octanol–water partition coefficient (Wildman–Crippen LogP) is 4.66. The van der Waals surface area contributed by atoms with Gasteiger partial charge in [0.15, 0.2) is 0 Å². The average molecular weight is 516 g/mol. The van der Waals surface area contributed by atoms with E-state index in [0.29, 0.717) is 17.8 Å². The van der Waals surface area contributed by atoms with Crippen molar-refractivity contribution in [3.8, 4) is 0 Å². The number of benzene rings is 3. The second kappa shape index (κ2) is 9.85. The molecule has 4 N–H and O–H groups in total. The van der Waals surface area contributed by atoms with E-state index in [1.165, 1.54) is 0 Å². The SMILES string of the molecule is CC1(C(=O)c2ccc3ccccc3n2)CN(C(=O)[C@@H](N)Cc2c[nH]c3ccccc23)C=C(c2ccccc2)N1. The summed E-state index contributed by atoms with van der Waals surface area (Å²) in [6.45, 7) is 1.94. The molecular formula is C32H29N5O2. The van der Waals surface area contributed by atoms with Crippen LogP contribution in [0.5, 0.6) is 0 Å². The van der Waals surface area contributed by atoms with Crippen LogP contribution in [0.4, 0.5) is 0 Å². The van der Waals surface area contributed by atoms with Crippen molar-refractivity contribution >= 4 is 39.2 Å². The topological polar surface area (TPSA) is 104 Å². The lowest BCUT2D eigenvalue weighted by Crippen LogP contribution is -2.60. The van der Waals surface area contributed by atoms with E-state index in [4.69, 9.17) is 5.73 Å². The van der Waals surface area contributed by atoms with Crippen LogP contribution in [0, 0.1) is 0 Å². The van der Waals surface area contributed by atoms with Gasteiger partial charge in [0.25, 0.3) is 0 Å². The number of aromatic nitrogens is 2. The number of carbonyl (C=O) groups is 2. The van der Waals surface area contributed by atoms with E-state index in [2.05, 4.69) is 15.3 Å². The first kappa shape index (κ1) is 24.6. The molecule has 194 valence electrons. The third-order valence-electron chi connectivity index (χ3n) is 7.31. The zero-order valence-electron chi connectivity index (χ0n) is 21.6. The molecule has 39 heavy (non-hydrogen) atoms. The maximum Gasteiger partial charge on any atom is 0.243 e. The van der Waals surface area contributed by atoms with Crippen LogP contribution >= 0.6 is 0 Å². The lowest BCUT2D eigenvalue weighted by atomic mass is 9.89. The third kappa shape index (κ3) is 4.69. The molecule has 0 bridgehead atoms. The lowest BCUT2D eigenvalue weighted by Gasteiger charge is -2.40. The van der Waals surface area contributed by atoms with Crippen LogP contribution in [0.3, 0.4) is 0 Å². The number of aromatic amines is 1. The minimum Gasteiger partial charge on any atom is -0.370 e. The summed E-state index contributed by atoms with van der Waals surface area (Å²) in [6.07, 6.45) is 4.04. The highest BCUT2D eigenvalue weighted by Gasteiger charge is 2.42. The molecule has 1 unspecified atom stereocenters. The van der Waals surface area contributed by atoms with Crippen LogP contribution < -0.4 is 11.1 Å². The van der Waals surface area contributed by atoms with Gasteiger partial charge in [0.1, 0.15) is 11.2 Å². The zero-order valence-corrected chi connectivity index (χ0v) is 21.6. The molecule has 1 aliphatic rings. The molecule has 0 saturated heterocycles. The normalized spacial score (nSPS) is 18.0. The number of amides is 1. The van der Waals surface area contributed by atoms with E-state index in [1.54, 1.807) is 17.2 Å². The molecule has 7 heteroatoms.